The average Bonchev–Trinajstić information content (AvgIpc) is 2.24. The molecule has 0 aliphatic rings. The Bertz CT molecular complexity index is 396. The molecule has 0 atom stereocenters. The summed E-state index contributed by atoms with van der Waals surface area (Å²) in [4.78, 5) is 23.0. The van der Waals surface area contributed by atoms with E-state index in [1.807, 2.05) is 6.92 Å². The van der Waals surface area contributed by atoms with Crippen molar-refractivity contribution in [3.05, 3.63) is 28.7 Å². The van der Waals surface area contributed by atoms with Crippen LogP contribution in [0.1, 0.15) is 20.3 Å². The van der Waals surface area contributed by atoms with Crippen LogP contribution in [0.15, 0.2) is 23.1 Å². The highest BCUT2D eigenvalue weighted by Crippen LogP contribution is 1.98. The lowest BCUT2D eigenvalue weighted by Gasteiger charge is -2.07. The van der Waals surface area contributed by atoms with E-state index < -0.39 is 0 Å². The Labute approximate surface area is 88.9 Å². The predicted molar refractivity (Wildman–Crippen MR) is 60.2 cm³/mol. The first-order valence-corrected chi connectivity index (χ1v) is 5.14. The van der Waals surface area contributed by atoms with Gasteiger partial charge in [0, 0.05) is 19.2 Å². The van der Waals surface area contributed by atoms with Gasteiger partial charge in [-0.2, -0.15) is 0 Å². The van der Waals surface area contributed by atoms with Gasteiger partial charge in [-0.15, -0.1) is 0 Å². The van der Waals surface area contributed by atoms with Crippen LogP contribution in [-0.2, 0) is 11.3 Å². The summed E-state index contributed by atoms with van der Waals surface area (Å²) in [6, 6.07) is 3.49. The van der Waals surface area contributed by atoms with Gasteiger partial charge in [-0.05, 0) is 19.1 Å². The molecule has 0 saturated heterocycles. The fraction of sp³-hybridized carbons (Fsp3) is 0.455. The molecule has 4 heteroatoms. The number of nitrogens with one attached hydrogen (secondary N) is 1. The van der Waals surface area contributed by atoms with Crippen LogP contribution in [0.5, 0.6) is 0 Å². The summed E-state index contributed by atoms with van der Waals surface area (Å²) in [7, 11) is 0. The minimum Gasteiger partial charge on any atom is -0.381 e. The molecule has 0 radical (unpaired) electrons. The maximum atomic E-state index is 11.8. The number of hydrogen-bond donors (Lipinski definition) is 1. The predicted octanol–water partition coefficient (Wildman–Crippen LogP) is 1.26. The highest BCUT2D eigenvalue weighted by atomic mass is 16.1. The number of rotatable bonds is 5. The van der Waals surface area contributed by atoms with Crippen LogP contribution >= 0.6 is 0 Å². The Morgan fingerprint density at radius 2 is 2.20 bits per heavy atom. The van der Waals surface area contributed by atoms with Crippen LogP contribution in [-0.4, -0.2) is 16.9 Å². The van der Waals surface area contributed by atoms with E-state index in [0.29, 0.717) is 18.7 Å². The molecule has 0 aromatic carbocycles. The van der Waals surface area contributed by atoms with Crippen molar-refractivity contribution in [2.75, 3.05) is 11.9 Å². The summed E-state index contributed by atoms with van der Waals surface area (Å²) in [6.07, 6.45) is 2.09. The standard InChI is InChI=1S/C11H16N2O2/c1-3-9(14)8-13-7-5-6-10(11(13)15)12-4-2/h5-7,12H,3-4,8H2,1-2H3. The summed E-state index contributed by atoms with van der Waals surface area (Å²) in [5.41, 5.74) is 0.407. The molecule has 82 valence electrons. The lowest BCUT2D eigenvalue weighted by molar-refractivity contribution is -0.119. The SMILES string of the molecule is CCNc1cccn(CC(=O)CC)c1=O. The summed E-state index contributed by atoms with van der Waals surface area (Å²) >= 11 is 0. The molecule has 0 unspecified atom stereocenters. The summed E-state index contributed by atoms with van der Waals surface area (Å²) in [5, 5.41) is 2.96. The minimum absolute atomic E-state index is 0.0609. The monoisotopic (exact) mass is 208 g/mol. The van der Waals surface area contributed by atoms with Crippen LogP contribution < -0.4 is 10.9 Å². The van der Waals surface area contributed by atoms with E-state index in [0.717, 1.165) is 0 Å². The Balaban J connectivity index is 2.94. The van der Waals surface area contributed by atoms with Crippen molar-refractivity contribution in [3.8, 4) is 0 Å². The molecule has 1 N–H and O–H groups in total. The van der Waals surface area contributed by atoms with Crippen molar-refractivity contribution in [2.45, 2.75) is 26.8 Å². The maximum absolute atomic E-state index is 11.8. The van der Waals surface area contributed by atoms with Gasteiger partial charge < -0.3 is 9.88 Å². The fourth-order valence-electron chi connectivity index (χ4n) is 1.29. The van der Waals surface area contributed by atoms with E-state index in [-0.39, 0.29) is 17.9 Å². The van der Waals surface area contributed by atoms with Gasteiger partial charge in [-0.3, -0.25) is 9.59 Å². The molecule has 1 aromatic rings. The normalized spacial score (nSPS) is 10.0. The number of carbonyl (C=O) groups excluding carboxylic acids is 1. The van der Waals surface area contributed by atoms with E-state index in [4.69, 9.17) is 0 Å². The molecule has 15 heavy (non-hydrogen) atoms. The van der Waals surface area contributed by atoms with E-state index in [1.54, 1.807) is 25.3 Å². The van der Waals surface area contributed by atoms with Crippen molar-refractivity contribution in [1.82, 2.24) is 4.57 Å². The van der Waals surface area contributed by atoms with Gasteiger partial charge >= 0.3 is 0 Å². The summed E-state index contributed by atoms with van der Waals surface area (Å²) < 4.78 is 1.43. The smallest absolute Gasteiger partial charge is 0.274 e. The van der Waals surface area contributed by atoms with Crippen LogP contribution in [0.25, 0.3) is 0 Å². The second kappa shape index (κ2) is 5.34. The maximum Gasteiger partial charge on any atom is 0.274 e. The van der Waals surface area contributed by atoms with Crippen molar-refractivity contribution in [3.63, 3.8) is 0 Å². The average molecular weight is 208 g/mol. The minimum atomic E-state index is -0.138. The third kappa shape index (κ3) is 2.94. The van der Waals surface area contributed by atoms with Crippen LogP contribution in [0.4, 0.5) is 5.69 Å². The number of ketones is 1. The number of nitrogens with zero attached hydrogens (tertiary/aromatic N) is 1. The Morgan fingerprint density at radius 1 is 1.47 bits per heavy atom. The zero-order chi connectivity index (χ0) is 11.3. The van der Waals surface area contributed by atoms with E-state index in [9.17, 15) is 9.59 Å². The molecule has 1 aromatic heterocycles. The molecule has 0 aliphatic carbocycles. The highest BCUT2D eigenvalue weighted by molar-refractivity contribution is 5.77. The molecule has 0 fully saturated rings. The van der Waals surface area contributed by atoms with Gasteiger partial charge in [0.25, 0.3) is 5.56 Å². The third-order valence-corrected chi connectivity index (χ3v) is 2.13. The molecule has 0 saturated carbocycles. The van der Waals surface area contributed by atoms with Crippen molar-refractivity contribution >= 4 is 11.5 Å². The van der Waals surface area contributed by atoms with Gasteiger partial charge in [0.05, 0.1) is 6.54 Å². The van der Waals surface area contributed by atoms with Gasteiger partial charge in [0.2, 0.25) is 0 Å². The molecule has 1 heterocycles. The fourth-order valence-corrected chi connectivity index (χ4v) is 1.29. The number of pyridine rings is 1. The van der Waals surface area contributed by atoms with E-state index >= 15 is 0 Å². The third-order valence-electron chi connectivity index (χ3n) is 2.13. The van der Waals surface area contributed by atoms with Gasteiger partial charge in [-0.1, -0.05) is 6.92 Å². The topological polar surface area (TPSA) is 51.1 Å². The molecule has 1 rings (SSSR count). The first-order valence-electron chi connectivity index (χ1n) is 5.14. The molecule has 0 amide bonds. The second-order valence-electron chi connectivity index (χ2n) is 3.28. The molecule has 4 nitrogen and oxygen atoms in total. The van der Waals surface area contributed by atoms with Crippen LogP contribution in [0.3, 0.4) is 0 Å². The van der Waals surface area contributed by atoms with Crippen molar-refractivity contribution in [2.24, 2.45) is 0 Å². The zero-order valence-corrected chi connectivity index (χ0v) is 9.12. The van der Waals surface area contributed by atoms with Crippen LogP contribution in [0.2, 0.25) is 0 Å². The summed E-state index contributed by atoms with van der Waals surface area (Å²) in [6.45, 7) is 4.57. The molecular weight excluding hydrogens is 192 g/mol. The summed E-state index contributed by atoms with van der Waals surface area (Å²) in [5.74, 6) is 0.0609. The Hall–Kier alpha value is -1.58. The van der Waals surface area contributed by atoms with Crippen molar-refractivity contribution in [1.29, 1.82) is 0 Å². The van der Waals surface area contributed by atoms with Gasteiger partial charge in [0.1, 0.15) is 5.69 Å². The Morgan fingerprint density at radius 3 is 2.80 bits per heavy atom. The number of carbonyl (C=O) groups is 1. The Kier molecular flexibility index (Phi) is 4.09. The largest absolute Gasteiger partial charge is 0.381 e. The van der Waals surface area contributed by atoms with E-state index in [2.05, 4.69) is 5.32 Å². The highest BCUT2D eigenvalue weighted by Gasteiger charge is 2.04. The molecule has 0 aliphatic heterocycles. The number of aromatic nitrogens is 1. The van der Waals surface area contributed by atoms with E-state index in [1.165, 1.54) is 4.57 Å². The number of anilines is 1. The lowest BCUT2D eigenvalue weighted by Crippen LogP contribution is -2.25. The lowest BCUT2D eigenvalue weighted by atomic mass is 10.3. The first-order chi connectivity index (χ1) is 7.19. The van der Waals surface area contributed by atoms with Crippen LogP contribution in [0, 0.1) is 0 Å². The number of Topliss-reactive ketones (excluding diaryl/α,β-unsaturated/α-hetero) is 1. The molecular formula is C11H16N2O2. The quantitative estimate of drug-likeness (QED) is 0.792. The molecule has 0 bridgehead atoms. The zero-order valence-electron chi connectivity index (χ0n) is 9.12. The van der Waals surface area contributed by atoms with Gasteiger partial charge in [-0.25, -0.2) is 0 Å². The second-order valence-corrected chi connectivity index (χ2v) is 3.28. The van der Waals surface area contributed by atoms with Gasteiger partial charge in [0.15, 0.2) is 5.78 Å². The van der Waals surface area contributed by atoms with Crippen molar-refractivity contribution < 1.29 is 4.79 Å². The molecule has 0 spiro atoms. The number of hydrogen-bond acceptors (Lipinski definition) is 3. The first kappa shape index (κ1) is 11.5.